The molecule has 1 aromatic carbocycles. The van der Waals surface area contributed by atoms with Crippen LogP contribution in [0.15, 0.2) is 24.4 Å². The first kappa shape index (κ1) is 13.4. The normalized spacial score (nSPS) is 10.3. The predicted octanol–water partition coefficient (Wildman–Crippen LogP) is 2.82. The zero-order valence-corrected chi connectivity index (χ0v) is 11.2. The predicted molar refractivity (Wildman–Crippen MR) is 74.1 cm³/mol. The van der Waals surface area contributed by atoms with E-state index in [0.29, 0.717) is 5.69 Å². The molecule has 0 bridgehead atoms. The van der Waals surface area contributed by atoms with Gasteiger partial charge in [-0.25, -0.2) is 8.78 Å². The first-order valence-electron chi connectivity index (χ1n) is 5.49. The van der Waals surface area contributed by atoms with E-state index in [9.17, 15) is 8.78 Å². The molecule has 0 radical (unpaired) electrons. The summed E-state index contributed by atoms with van der Waals surface area (Å²) in [7, 11) is 1.78. The Hall–Kier alpha value is -2.02. The molecule has 100 valence electrons. The van der Waals surface area contributed by atoms with E-state index >= 15 is 0 Å². The highest BCUT2D eigenvalue weighted by atomic mass is 32.1. The monoisotopic (exact) mass is 282 g/mol. The number of hydrogen-bond donors (Lipinski definition) is 2. The third-order valence-electron chi connectivity index (χ3n) is 2.44. The second-order valence-electron chi connectivity index (χ2n) is 4.01. The van der Waals surface area contributed by atoms with Gasteiger partial charge in [0.15, 0.2) is 5.11 Å². The van der Waals surface area contributed by atoms with E-state index in [2.05, 4.69) is 15.7 Å². The average molecular weight is 282 g/mol. The van der Waals surface area contributed by atoms with Crippen LogP contribution in [0.5, 0.6) is 0 Å². The molecule has 0 saturated heterocycles. The molecule has 0 unspecified atom stereocenters. The first-order valence-corrected chi connectivity index (χ1v) is 5.90. The molecular formula is C12H12F2N4S. The van der Waals surface area contributed by atoms with Crippen molar-refractivity contribution >= 4 is 28.7 Å². The molecule has 0 spiro atoms. The Morgan fingerprint density at radius 1 is 1.26 bits per heavy atom. The number of benzene rings is 1. The summed E-state index contributed by atoms with van der Waals surface area (Å²) in [6, 6.07) is 3.12. The first-order chi connectivity index (χ1) is 8.95. The molecule has 1 aromatic heterocycles. The van der Waals surface area contributed by atoms with Crippen LogP contribution >= 0.6 is 12.2 Å². The molecule has 0 aliphatic rings. The van der Waals surface area contributed by atoms with E-state index in [-0.39, 0.29) is 10.8 Å². The van der Waals surface area contributed by atoms with Gasteiger partial charge in [0.1, 0.15) is 11.6 Å². The third kappa shape index (κ3) is 3.25. The van der Waals surface area contributed by atoms with Crippen LogP contribution in [0.2, 0.25) is 0 Å². The molecule has 0 aliphatic carbocycles. The van der Waals surface area contributed by atoms with Crippen LogP contribution in [-0.2, 0) is 7.05 Å². The van der Waals surface area contributed by atoms with Crippen LogP contribution in [0.3, 0.4) is 0 Å². The van der Waals surface area contributed by atoms with Gasteiger partial charge in [-0.15, -0.1) is 0 Å². The number of hydrogen-bond acceptors (Lipinski definition) is 2. The van der Waals surface area contributed by atoms with E-state index in [4.69, 9.17) is 12.2 Å². The van der Waals surface area contributed by atoms with Crippen molar-refractivity contribution in [2.45, 2.75) is 6.92 Å². The fourth-order valence-corrected chi connectivity index (χ4v) is 1.81. The van der Waals surface area contributed by atoms with Crippen molar-refractivity contribution in [2.24, 2.45) is 7.05 Å². The number of aryl methyl sites for hydroxylation is 2. The lowest BCUT2D eigenvalue weighted by molar-refractivity contribution is 0.604. The quantitative estimate of drug-likeness (QED) is 0.831. The highest BCUT2D eigenvalue weighted by Crippen LogP contribution is 2.17. The number of thiocarbonyl (C=S) groups is 1. The van der Waals surface area contributed by atoms with Crippen LogP contribution in [0.25, 0.3) is 0 Å². The van der Waals surface area contributed by atoms with E-state index in [1.165, 1.54) is 0 Å². The maximum atomic E-state index is 13.4. The highest BCUT2D eigenvalue weighted by molar-refractivity contribution is 7.80. The minimum atomic E-state index is -0.576. The molecule has 0 fully saturated rings. The van der Waals surface area contributed by atoms with Gasteiger partial charge in [0.25, 0.3) is 0 Å². The van der Waals surface area contributed by atoms with E-state index < -0.39 is 11.6 Å². The van der Waals surface area contributed by atoms with Gasteiger partial charge in [0.2, 0.25) is 0 Å². The van der Waals surface area contributed by atoms with Crippen LogP contribution in [0.1, 0.15) is 5.69 Å². The topological polar surface area (TPSA) is 41.9 Å². The maximum absolute atomic E-state index is 13.4. The number of nitrogens with one attached hydrogen (secondary N) is 2. The van der Waals surface area contributed by atoms with Crippen molar-refractivity contribution in [3.8, 4) is 0 Å². The molecule has 2 N–H and O–H groups in total. The van der Waals surface area contributed by atoms with Gasteiger partial charge in [-0.2, -0.15) is 5.10 Å². The Bertz CT molecular complexity index is 624. The van der Waals surface area contributed by atoms with Crippen molar-refractivity contribution in [1.29, 1.82) is 0 Å². The zero-order valence-electron chi connectivity index (χ0n) is 10.4. The summed E-state index contributed by atoms with van der Waals surface area (Å²) in [5.74, 6) is -1.11. The molecule has 0 saturated carbocycles. The number of anilines is 2. The number of rotatable bonds is 2. The van der Waals surface area contributed by atoms with Crippen molar-refractivity contribution in [1.82, 2.24) is 9.78 Å². The standard InChI is InChI=1S/C12H12F2N4S/c1-7-11(6-18(2)17-7)16-12(19)15-10-5-8(13)3-4-9(10)14/h3-6H,1-2H3,(H2,15,16,19). The molecule has 2 aromatic rings. The summed E-state index contributed by atoms with van der Waals surface area (Å²) >= 11 is 5.04. The minimum Gasteiger partial charge on any atom is -0.330 e. The van der Waals surface area contributed by atoms with Crippen molar-refractivity contribution in [2.75, 3.05) is 10.6 Å². The van der Waals surface area contributed by atoms with Gasteiger partial charge in [-0.3, -0.25) is 4.68 Å². The van der Waals surface area contributed by atoms with Gasteiger partial charge < -0.3 is 10.6 Å². The number of halogens is 2. The summed E-state index contributed by atoms with van der Waals surface area (Å²) < 4.78 is 28.1. The Morgan fingerprint density at radius 3 is 2.58 bits per heavy atom. The minimum absolute atomic E-state index is 0.0148. The maximum Gasteiger partial charge on any atom is 0.175 e. The smallest absolute Gasteiger partial charge is 0.175 e. The largest absolute Gasteiger partial charge is 0.330 e. The summed E-state index contributed by atoms with van der Waals surface area (Å²) in [5.41, 5.74) is 1.45. The molecule has 1 heterocycles. The highest BCUT2D eigenvalue weighted by Gasteiger charge is 2.08. The van der Waals surface area contributed by atoms with Crippen molar-refractivity contribution in [3.05, 3.63) is 41.7 Å². The van der Waals surface area contributed by atoms with Gasteiger partial charge in [0, 0.05) is 19.3 Å². The Kier molecular flexibility index (Phi) is 3.75. The Morgan fingerprint density at radius 2 is 1.95 bits per heavy atom. The zero-order chi connectivity index (χ0) is 14.0. The summed E-state index contributed by atoms with van der Waals surface area (Å²) in [6.45, 7) is 1.81. The molecule has 0 amide bonds. The fraction of sp³-hybridized carbons (Fsp3) is 0.167. The molecule has 7 heteroatoms. The summed E-state index contributed by atoms with van der Waals surface area (Å²) in [6.07, 6.45) is 1.74. The summed E-state index contributed by atoms with van der Waals surface area (Å²) in [5, 5.41) is 9.78. The molecule has 2 rings (SSSR count). The molecule has 0 aliphatic heterocycles. The van der Waals surface area contributed by atoms with Crippen LogP contribution in [-0.4, -0.2) is 14.9 Å². The molecular weight excluding hydrogens is 270 g/mol. The van der Waals surface area contributed by atoms with Crippen LogP contribution in [0.4, 0.5) is 20.2 Å². The number of nitrogens with zero attached hydrogens (tertiary/aromatic N) is 2. The molecule has 19 heavy (non-hydrogen) atoms. The second kappa shape index (κ2) is 5.31. The number of aromatic nitrogens is 2. The molecule has 0 atom stereocenters. The molecule has 4 nitrogen and oxygen atoms in total. The SMILES string of the molecule is Cc1nn(C)cc1NC(=S)Nc1cc(F)ccc1F. The van der Waals surface area contributed by atoms with Gasteiger partial charge in [-0.05, 0) is 31.3 Å². The lowest BCUT2D eigenvalue weighted by atomic mass is 10.3. The third-order valence-corrected chi connectivity index (χ3v) is 2.64. The fourth-order valence-electron chi connectivity index (χ4n) is 1.59. The van der Waals surface area contributed by atoms with Crippen LogP contribution in [0, 0.1) is 18.6 Å². The Labute approximate surface area is 114 Å². The van der Waals surface area contributed by atoms with Gasteiger partial charge in [0.05, 0.1) is 17.1 Å². The van der Waals surface area contributed by atoms with E-state index in [1.807, 2.05) is 6.92 Å². The van der Waals surface area contributed by atoms with Crippen molar-refractivity contribution in [3.63, 3.8) is 0 Å². The van der Waals surface area contributed by atoms with E-state index in [1.54, 1.807) is 17.9 Å². The van der Waals surface area contributed by atoms with Gasteiger partial charge >= 0.3 is 0 Å². The Balaban J connectivity index is 2.09. The average Bonchev–Trinajstić information content (AvgIpc) is 2.62. The summed E-state index contributed by atoms with van der Waals surface area (Å²) in [4.78, 5) is 0. The lowest BCUT2D eigenvalue weighted by Crippen LogP contribution is -2.20. The lowest BCUT2D eigenvalue weighted by Gasteiger charge is -2.10. The van der Waals surface area contributed by atoms with Crippen LogP contribution < -0.4 is 10.6 Å². The van der Waals surface area contributed by atoms with E-state index in [0.717, 1.165) is 23.9 Å². The van der Waals surface area contributed by atoms with Gasteiger partial charge in [-0.1, -0.05) is 0 Å². The second-order valence-corrected chi connectivity index (χ2v) is 4.41. The van der Waals surface area contributed by atoms with Crippen molar-refractivity contribution < 1.29 is 8.78 Å².